The Balaban J connectivity index is 2.74. The third-order valence-electron chi connectivity index (χ3n) is 2.56. The van der Waals surface area contributed by atoms with Crippen LogP contribution in [0.3, 0.4) is 0 Å². The van der Waals surface area contributed by atoms with Crippen LogP contribution in [-0.4, -0.2) is 35.2 Å². The van der Waals surface area contributed by atoms with Gasteiger partial charge in [0.15, 0.2) is 0 Å². The SMILES string of the molecule is CSCCC(NC(=O)Nc1cc(Cl)ccc1C#N)C(=O)O. The third-order valence-corrected chi connectivity index (χ3v) is 3.44. The summed E-state index contributed by atoms with van der Waals surface area (Å²) in [5.41, 5.74) is 0.474. The standard InChI is InChI=1S/C13H14ClN3O3S/c1-21-5-4-10(12(18)19)16-13(20)17-11-6-9(14)3-2-8(11)7-15/h2-3,6,10H,4-5H2,1H3,(H,18,19)(H2,16,17,20). The van der Waals surface area contributed by atoms with Crippen molar-refractivity contribution in [3.8, 4) is 6.07 Å². The maximum Gasteiger partial charge on any atom is 0.326 e. The maximum absolute atomic E-state index is 11.8. The van der Waals surface area contributed by atoms with Gasteiger partial charge in [0.2, 0.25) is 0 Å². The second-order valence-electron chi connectivity index (χ2n) is 4.07. The second-order valence-corrected chi connectivity index (χ2v) is 5.49. The molecular formula is C13H14ClN3O3S. The van der Waals surface area contributed by atoms with E-state index in [2.05, 4.69) is 10.6 Å². The lowest BCUT2D eigenvalue weighted by molar-refractivity contribution is -0.139. The van der Waals surface area contributed by atoms with Gasteiger partial charge < -0.3 is 15.7 Å². The number of anilines is 1. The van der Waals surface area contributed by atoms with E-state index in [9.17, 15) is 9.59 Å². The molecule has 3 N–H and O–H groups in total. The van der Waals surface area contributed by atoms with Crippen LogP contribution < -0.4 is 10.6 Å². The smallest absolute Gasteiger partial charge is 0.326 e. The first-order chi connectivity index (χ1) is 9.97. The van der Waals surface area contributed by atoms with Gasteiger partial charge in [-0.15, -0.1) is 0 Å². The number of carbonyl (C=O) groups excluding carboxylic acids is 1. The Bertz CT molecular complexity index is 574. The number of nitrogens with one attached hydrogen (secondary N) is 2. The number of carboxylic acids is 1. The molecule has 1 aromatic carbocycles. The second kappa shape index (κ2) is 8.39. The third kappa shape index (κ3) is 5.53. The van der Waals surface area contributed by atoms with E-state index in [4.69, 9.17) is 22.0 Å². The summed E-state index contributed by atoms with van der Waals surface area (Å²) in [5, 5.41) is 23.1. The quantitative estimate of drug-likeness (QED) is 0.745. The Morgan fingerprint density at radius 1 is 1.52 bits per heavy atom. The molecule has 0 saturated carbocycles. The number of nitriles is 1. The number of halogens is 1. The number of rotatable bonds is 6. The molecule has 0 aliphatic rings. The minimum absolute atomic E-state index is 0.233. The number of carboxylic acid groups (broad SMARTS) is 1. The lowest BCUT2D eigenvalue weighted by Crippen LogP contribution is -2.43. The summed E-state index contributed by atoms with van der Waals surface area (Å²) >= 11 is 7.29. The van der Waals surface area contributed by atoms with Gasteiger partial charge in [-0.3, -0.25) is 0 Å². The largest absolute Gasteiger partial charge is 0.480 e. The molecule has 0 saturated heterocycles. The van der Waals surface area contributed by atoms with E-state index in [1.807, 2.05) is 12.3 Å². The first-order valence-electron chi connectivity index (χ1n) is 5.96. The Labute approximate surface area is 131 Å². The van der Waals surface area contributed by atoms with Crippen LogP contribution in [0.15, 0.2) is 18.2 Å². The summed E-state index contributed by atoms with van der Waals surface area (Å²) in [4.78, 5) is 22.9. The van der Waals surface area contributed by atoms with E-state index < -0.39 is 18.0 Å². The number of hydrogen-bond acceptors (Lipinski definition) is 4. The lowest BCUT2D eigenvalue weighted by atomic mass is 10.2. The number of aliphatic carboxylic acids is 1. The summed E-state index contributed by atoms with van der Waals surface area (Å²) in [5.74, 6) is -0.497. The fourth-order valence-corrected chi connectivity index (χ4v) is 2.17. The van der Waals surface area contributed by atoms with Crippen LogP contribution in [0.25, 0.3) is 0 Å². The van der Waals surface area contributed by atoms with Crippen LogP contribution >= 0.6 is 23.4 Å². The van der Waals surface area contributed by atoms with Gasteiger partial charge in [-0.2, -0.15) is 17.0 Å². The number of carbonyl (C=O) groups is 2. The molecule has 112 valence electrons. The Kier molecular flexibility index (Phi) is 6.85. The Hall–Kier alpha value is -1.91. The first kappa shape index (κ1) is 17.1. The van der Waals surface area contributed by atoms with E-state index in [1.165, 1.54) is 30.0 Å². The molecule has 1 aromatic rings. The van der Waals surface area contributed by atoms with Crippen molar-refractivity contribution in [3.63, 3.8) is 0 Å². The van der Waals surface area contributed by atoms with Gasteiger partial charge in [0.05, 0.1) is 11.3 Å². The topological polar surface area (TPSA) is 102 Å². The van der Waals surface area contributed by atoms with Crippen LogP contribution in [0.4, 0.5) is 10.5 Å². The van der Waals surface area contributed by atoms with Crippen molar-refractivity contribution in [3.05, 3.63) is 28.8 Å². The minimum atomic E-state index is -1.11. The summed E-state index contributed by atoms with van der Waals surface area (Å²) < 4.78 is 0. The fourth-order valence-electron chi connectivity index (χ4n) is 1.53. The van der Waals surface area contributed by atoms with Crippen molar-refractivity contribution >= 4 is 41.1 Å². The van der Waals surface area contributed by atoms with Gasteiger partial charge in [0.25, 0.3) is 0 Å². The van der Waals surface area contributed by atoms with Crippen molar-refractivity contribution in [2.24, 2.45) is 0 Å². The monoisotopic (exact) mass is 327 g/mol. The predicted octanol–water partition coefficient (Wildman–Crippen LogP) is 2.54. The minimum Gasteiger partial charge on any atom is -0.480 e. The molecule has 0 spiro atoms. The number of urea groups is 1. The summed E-state index contributed by atoms with van der Waals surface area (Å²) in [6.07, 6.45) is 2.16. The average molecular weight is 328 g/mol. The van der Waals surface area contributed by atoms with Crippen molar-refractivity contribution in [1.82, 2.24) is 5.32 Å². The van der Waals surface area contributed by atoms with Gasteiger partial charge in [-0.1, -0.05) is 11.6 Å². The molecule has 2 amide bonds. The van der Waals surface area contributed by atoms with Gasteiger partial charge in [-0.25, -0.2) is 9.59 Å². The highest BCUT2D eigenvalue weighted by Crippen LogP contribution is 2.20. The van der Waals surface area contributed by atoms with E-state index in [0.717, 1.165) is 0 Å². The highest BCUT2D eigenvalue weighted by molar-refractivity contribution is 7.98. The molecule has 0 aliphatic heterocycles. The molecule has 6 nitrogen and oxygen atoms in total. The zero-order valence-electron chi connectivity index (χ0n) is 11.2. The van der Waals surface area contributed by atoms with Crippen LogP contribution in [0.2, 0.25) is 5.02 Å². The van der Waals surface area contributed by atoms with Crippen molar-refractivity contribution in [2.45, 2.75) is 12.5 Å². The highest BCUT2D eigenvalue weighted by Gasteiger charge is 2.19. The van der Waals surface area contributed by atoms with Crippen LogP contribution in [0.5, 0.6) is 0 Å². The molecule has 0 aliphatic carbocycles. The van der Waals surface area contributed by atoms with E-state index in [1.54, 1.807) is 0 Å². The van der Waals surface area contributed by atoms with Gasteiger partial charge in [0.1, 0.15) is 12.1 Å². The number of thioether (sulfide) groups is 1. The molecular weight excluding hydrogens is 314 g/mol. The normalized spacial score (nSPS) is 11.3. The molecule has 0 heterocycles. The lowest BCUT2D eigenvalue weighted by Gasteiger charge is -2.15. The summed E-state index contributed by atoms with van der Waals surface area (Å²) in [6, 6.07) is 4.67. The molecule has 1 unspecified atom stereocenters. The van der Waals surface area contributed by atoms with Gasteiger partial charge in [-0.05, 0) is 36.6 Å². The van der Waals surface area contributed by atoms with Gasteiger partial charge in [0, 0.05) is 5.02 Å². The van der Waals surface area contributed by atoms with Gasteiger partial charge >= 0.3 is 12.0 Å². The highest BCUT2D eigenvalue weighted by atomic mass is 35.5. The van der Waals surface area contributed by atoms with Crippen LogP contribution in [0.1, 0.15) is 12.0 Å². The van der Waals surface area contributed by atoms with Crippen LogP contribution in [0, 0.1) is 11.3 Å². The molecule has 8 heteroatoms. The van der Waals surface area contributed by atoms with Crippen molar-refractivity contribution in [2.75, 3.05) is 17.3 Å². The molecule has 0 bridgehead atoms. The fraction of sp³-hybridized carbons (Fsp3) is 0.308. The summed E-state index contributed by atoms with van der Waals surface area (Å²) in [6.45, 7) is 0. The van der Waals surface area contributed by atoms with E-state index >= 15 is 0 Å². The molecule has 1 rings (SSSR count). The zero-order chi connectivity index (χ0) is 15.8. The number of nitrogens with zero attached hydrogens (tertiary/aromatic N) is 1. The van der Waals surface area contributed by atoms with Crippen molar-refractivity contribution in [1.29, 1.82) is 5.26 Å². The molecule has 0 aromatic heterocycles. The predicted molar refractivity (Wildman–Crippen MR) is 82.7 cm³/mol. The maximum atomic E-state index is 11.8. The van der Waals surface area contributed by atoms with E-state index in [0.29, 0.717) is 17.2 Å². The number of amides is 2. The first-order valence-corrected chi connectivity index (χ1v) is 7.74. The average Bonchev–Trinajstić information content (AvgIpc) is 2.43. The summed E-state index contributed by atoms with van der Waals surface area (Å²) in [7, 11) is 0. The van der Waals surface area contributed by atoms with Crippen LogP contribution in [-0.2, 0) is 4.79 Å². The molecule has 0 fully saturated rings. The Morgan fingerprint density at radius 2 is 2.24 bits per heavy atom. The van der Waals surface area contributed by atoms with Crippen molar-refractivity contribution < 1.29 is 14.7 Å². The van der Waals surface area contributed by atoms with E-state index in [-0.39, 0.29) is 11.3 Å². The Morgan fingerprint density at radius 3 is 2.81 bits per heavy atom. The molecule has 1 atom stereocenters. The molecule has 21 heavy (non-hydrogen) atoms. The molecule has 0 radical (unpaired) electrons. The number of benzene rings is 1. The number of hydrogen-bond donors (Lipinski definition) is 3. The zero-order valence-corrected chi connectivity index (χ0v) is 12.8.